The van der Waals surface area contributed by atoms with Gasteiger partial charge < -0.3 is 25.2 Å². The van der Waals surface area contributed by atoms with Crippen LogP contribution >= 0.6 is 0 Å². The minimum Gasteiger partial charge on any atom is -0.480 e. The lowest BCUT2D eigenvalue weighted by Gasteiger charge is -2.27. The maximum Gasteiger partial charge on any atom is 0.407 e. The van der Waals surface area contributed by atoms with Crippen LogP contribution in [0.15, 0.2) is 48.5 Å². The molecule has 0 radical (unpaired) electrons. The van der Waals surface area contributed by atoms with E-state index in [9.17, 15) is 24.6 Å². The second kappa shape index (κ2) is 9.62. The third-order valence-electron chi connectivity index (χ3n) is 6.24. The summed E-state index contributed by atoms with van der Waals surface area (Å²) < 4.78 is 5.43. The van der Waals surface area contributed by atoms with Gasteiger partial charge >= 0.3 is 12.1 Å². The number of carboxylic acid groups (broad SMARTS) is 1. The number of benzene rings is 2. The zero-order valence-corrected chi connectivity index (χ0v) is 18.4. The van der Waals surface area contributed by atoms with E-state index >= 15 is 0 Å². The van der Waals surface area contributed by atoms with Crippen molar-refractivity contribution in [3.05, 3.63) is 59.7 Å². The Balaban J connectivity index is 1.28. The van der Waals surface area contributed by atoms with Crippen LogP contribution in [0.1, 0.15) is 43.2 Å². The summed E-state index contributed by atoms with van der Waals surface area (Å²) in [5, 5.41) is 21.9. The molecule has 2 aliphatic rings. The molecule has 2 aromatic rings. The molecule has 2 atom stereocenters. The number of nitrogens with one attached hydrogen (secondary N) is 1. The quantitative estimate of drug-likeness (QED) is 0.539. The predicted molar refractivity (Wildman–Crippen MR) is 121 cm³/mol. The molecule has 0 spiro atoms. The molecule has 2 unspecified atom stereocenters. The minimum atomic E-state index is -1.14. The molecule has 174 valence electrons. The Labute approximate surface area is 192 Å². The van der Waals surface area contributed by atoms with Gasteiger partial charge in [0.1, 0.15) is 12.6 Å². The van der Waals surface area contributed by atoms with E-state index < -0.39 is 30.1 Å². The van der Waals surface area contributed by atoms with Crippen molar-refractivity contribution < 1.29 is 29.3 Å². The van der Waals surface area contributed by atoms with Gasteiger partial charge in [-0.3, -0.25) is 4.79 Å². The number of amides is 2. The number of carbonyl (C=O) groups excluding carboxylic acids is 2. The van der Waals surface area contributed by atoms with Crippen LogP contribution in [0.3, 0.4) is 0 Å². The number of hydrogen-bond donors (Lipinski definition) is 3. The number of nitrogens with zero attached hydrogens (tertiary/aromatic N) is 1. The summed E-state index contributed by atoms with van der Waals surface area (Å²) in [7, 11) is 0. The van der Waals surface area contributed by atoms with Crippen molar-refractivity contribution in [3.8, 4) is 11.1 Å². The average molecular weight is 453 g/mol. The van der Waals surface area contributed by atoms with E-state index in [1.165, 1.54) is 11.8 Å². The molecule has 4 rings (SSSR count). The van der Waals surface area contributed by atoms with Crippen LogP contribution in [0.2, 0.25) is 0 Å². The zero-order valence-electron chi connectivity index (χ0n) is 18.4. The van der Waals surface area contributed by atoms with Crippen LogP contribution in [0.5, 0.6) is 0 Å². The minimum absolute atomic E-state index is 0.0701. The van der Waals surface area contributed by atoms with Crippen molar-refractivity contribution in [2.75, 3.05) is 13.2 Å². The first-order chi connectivity index (χ1) is 15.9. The molecule has 0 saturated heterocycles. The van der Waals surface area contributed by atoms with E-state index in [0.717, 1.165) is 35.1 Å². The maximum atomic E-state index is 12.5. The van der Waals surface area contributed by atoms with Gasteiger partial charge in [0.2, 0.25) is 5.91 Å². The number of fused-ring (bicyclic) bond motifs is 3. The molecule has 2 amide bonds. The van der Waals surface area contributed by atoms with Gasteiger partial charge in [-0.15, -0.1) is 0 Å². The van der Waals surface area contributed by atoms with E-state index in [1.807, 2.05) is 36.4 Å². The highest BCUT2D eigenvalue weighted by Gasteiger charge is 2.38. The van der Waals surface area contributed by atoms with E-state index in [1.54, 1.807) is 0 Å². The molecule has 0 heterocycles. The van der Waals surface area contributed by atoms with Gasteiger partial charge in [-0.05, 0) is 42.0 Å². The molecule has 8 heteroatoms. The molecule has 2 aromatic carbocycles. The number of aliphatic hydroxyl groups is 1. The van der Waals surface area contributed by atoms with Gasteiger partial charge in [-0.25, -0.2) is 9.59 Å². The van der Waals surface area contributed by atoms with Crippen LogP contribution in [0.4, 0.5) is 4.79 Å². The van der Waals surface area contributed by atoms with Gasteiger partial charge in [0.25, 0.3) is 0 Å². The third kappa shape index (κ3) is 5.01. The van der Waals surface area contributed by atoms with E-state index in [2.05, 4.69) is 17.4 Å². The average Bonchev–Trinajstić information content (AvgIpc) is 3.58. The number of alkyl carbamates (subject to hydrolysis) is 1. The van der Waals surface area contributed by atoms with E-state index in [-0.39, 0.29) is 31.5 Å². The number of carboxylic acids is 1. The van der Waals surface area contributed by atoms with Crippen molar-refractivity contribution in [1.29, 1.82) is 0 Å². The van der Waals surface area contributed by atoms with Crippen LogP contribution in [-0.2, 0) is 14.3 Å². The number of ether oxygens (including phenoxy) is 1. The molecule has 0 aromatic heterocycles. The Kier molecular flexibility index (Phi) is 6.65. The van der Waals surface area contributed by atoms with Crippen molar-refractivity contribution >= 4 is 18.0 Å². The van der Waals surface area contributed by atoms with Crippen molar-refractivity contribution in [2.24, 2.45) is 0 Å². The Morgan fingerprint density at radius 3 is 2.18 bits per heavy atom. The fourth-order valence-corrected chi connectivity index (χ4v) is 4.44. The molecule has 33 heavy (non-hydrogen) atoms. The maximum absolute atomic E-state index is 12.5. The molecule has 0 bridgehead atoms. The molecule has 1 fully saturated rings. The molecular weight excluding hydrogens is 424 g/mol. The fraction of sp³-hybridized carbons (Fsp3) is 0.400. The monoisotopic (exact) mass is 452 g/mol. The Bertz CT molecular complexity index is 1010. The van der Waals surface area contributed by atoms with Gasteiger partial charge in [0.05, 0.1) is 12.5 Å². The first-order valence-electron chi connectivity index (χ1n) is 11.2. The summed E-state index contributed by atoms with van der Waals surface area (Å²) >= 11 is 0. The standard InChI is InChI=1S/C25H28N2O6/c1-15(24(30)31)27(16-10-11-16)23(29)12-17(28)13-26-25(32)33-14-22-20-8-4-2-6-18(20)19-7-3-5-9-21(19)22/h2-9,15-17,22,28H,10-14H2,1H3,(H,26,32)(H,30,31). The van der Waals surface area contributed by atoms with Gasteiger partial charge in [-0.1, -0.05) is 48.5 Å². The smallest absolute Gasteiger partial charge is 0.407 e. The normalized spacial score (nSPS) is 16.3. The van der Waals surface area contributed by atoms with E-state index in [4.69, 9.17) is 4.74 Å². The van der Waals surface area contributed by atoms with Crippen molar-refractivity contribution in [1.82, 2.24) is 10.2 Å². The summed E-state index contributed by atoms with van der Waals surface area (Å²) in [5.41, 5.74) is 4.47. The van der Waals surface area contributed by atoms with Gasteiger partial charge in [0.15, 0.2) is 0 Å². The summed E-state index contributed by atoms with van der Waals surface area (Å²) in [6.07, 6.45) is -0.561. The van der Waals surface area contributed by atoms with Crippen molar-refractivity contribution in [3.63, 3.8) is 0 Å². The second-order valence-electron chi connectivity index (χ2n) is 8.61. The summed E-state index contributed by atoms with van der Waals surface area (Å²) in [6.45, 7) is 1.45. The van der Waals surface area contributed by atoms with Crippen LogP contribution in [-0.4, -0.2) is 64.4 Å². The number of hydrogen-bond acceptors (Lipinski definition) is 5. The third-order valence-corrected chi connectivity index (χ3v) is 6.24. The van der Waals surface area contributed by atoms with Crippen LogP contribution < -0.4 is 5.32 Å². The SMILES string of the molecule is CC(C(=O)O)N(C(=O)CC(O)CNC(=O)OCC1c2ccccc2-c2ccccc21)C1CC1. The molecule has 1 saturated carbocycles. The number of carbonyl (C=O) groups is 3. The summed E-state index contributed by atoms with van der Waals surface area (Å²) in [6, 6.07) is 15.0. The van der Waals surface area contributed by atoms with E-state index in [0.29, 0.717) is 0 Å². The van der Waals surface area contributed by atoms with Crippen LogP contribution in [0.25, 0.3) is 11.1 Å². The second-order valence-corrected chi connectivity index (χ2v) is 8.61. The first-order valence-corrected chi connectivity index (χ1v) is 11.2. The van der Waals surface area contributed by atoms with Gasteiger partial charge in [0, 0.05) is 18.5 Å². The van der Waals surface area contributed by atoms with Gasteiger partial charge in [-0.2, -0.15) is 0 Å². The molecule has 8 nitrogen and oxygen atoms in total. The molecule has 0 aliphatic heterocycles. The highest BCUT2D eigenvalue weighted by atomic mass is 16.5. The van der Waals surface area contributed by atoms with Crippen molar-refractivity contribution in [2.45, 2.75) is 50.3 Å². The lowest BCUT2D eigenvalue weighted by atomic mass is 9.98. The van der Waals surface area contributed by atoms with Crippen LogP contribution in [0, 0.1) is 0 Å². The Hall–Kier alpha value is -3.39. The molecule has 3 N–H and O–H groups in total. The largest absolute Gasteiger partial charge is 0.480 e. The zero-order chi connectivity index (χ0) is 23.5. The highest BCUT2D eigenvalue weighted by Crippen LogP contribution is 2.44. The molecular formula is C25H28N2O6. The lowest BCUT2D eigenvalue weighted by molar-refractivity contribution is -0.150. The number of aliphatic carboxylic acids is 1. The Morgan fingerprint density at radius 2 is 1.64 bits per heavy atom. The fourth-order valence-electron chi connectivity index (χ4n) is 4.44. The first kappa shape index (κ1) is 22.8. The lowest BCUT2D eigenvalue weighted by Crippen LogP contribution is -2.46. The number of aliphatic hydroxyl groups excluding tert-OH is 1. The highest BCUT2D eigenvalue weighted by molar-refractivity contribution is 5.84. The summed E-state index contributed by atoms with van der Waals surface area (Å²) in [4.78, 5) is 37.4. The topological polar surface area (TPSA) is 116 Å². The summed E-state index contributed by atoms with van der Waals surface area (Å²) in [5.74, 6) is -1.59. The molecule has 2 aliphatic carbocycles. The predicted octanol–water partition coefficient (Wildman–Crippen LogP) is 2.74. The number of rotatable bonds is 9. The Morgan fingerprint density at radius 1 is 1.06 bits per heavy atom.